The van der Waals surface area contributed by atoms with Gasteiger partial charge in [-0.15, -0.1) is 0 Å². The molecule has 0 aromatic heterocycles. The third kappa shape index (κ3) is 5.72. The molecule has 1 heterocycles. The predicted octanol–water partition coefficient (Wildman–Crippen LogP) is 2.95. The first-order valence-corrected chi connectivity index (χ1v) is 9.19. The van der Waals surface area contributed by atoms with Crippen molar-refractivity contribution in [1.82, 2.24) is 10.2 Å². The zero-order valence-electron chi connectivity index (χ0n) is 14.8. The number of non-ortho nitro benzene ring substituents is 1. The van der Waals surface area contributed by atoms with Crippen LogP contribution in [0.5, 0.6) is 0 Å². The van der Waals surface area contributed by atoms with Crippen LogP contribution in [-0.2, 0) is 4.74 Å². The van der Waals surface area contributed by atoms with Gasteiger partial charge < -0.3 is 15.4 Å². The first-order valence-electron chi connectivity index (χ1n) is 8.79. The number of benzene rings is 2. The van der Waals surface area contributed by atoms with Crippen LogP contribution in [0.3, 0.4) is 0 Å². The van der Waals surface area contributed by atoms with E-state index in [1.807, 2.05) is 18.2 Å². The molecule has 0 saturated carbocycles. The van der Waals surface area contributed by atoms with Gasteiger partial charge in [0.05, 0.1) is 24.2 Å². The highest BCUT2D eigenvalue weighted by Gasteiger charge is 2.19. The summed E-state index contributed by atoms with van der Waals surface area (Å²) in [6.45, 7) is 4.09. The maximum atomic E-state index is 10.8. The quantitative estimate of drug-likeness (QED) is 0.449. The van der Waals surface area contributed by atoms with E-state index in [1.165, 1.54) is 12.1 Å². The maximum absolute atomic E-state index is 10.8. The lowest BCUT2D eigenvalue weighted by atomic mass is 10.1. The van der Waals surface area contributed by atoms with Crippen LogP contribution in [-0.4, -0.2) is 47.8 Å². The monoisotopic (exact) mass is 386 g/mol. The Hall–Kier alpha value is -2.55. The molecule has 0 aliphatic carbocycles. The maximum Gasteiger partial charge on any atom is 0.269 e. The molecule has 1 saturated heterocycles. The summed E-state index contributed by atoms with van der Waals surface area (Å²) in [5, 5.41) is 17.7. The summed E-state index contributed by atoms with van der Waals surface area (Å²) in [5.74, 6) is 0. The van der Waals surface area contributed by atoms with Crippen LogP contribution in [0.25, 0.3) is 0 Å². The number of nitrogens with zero attached hydrogens (tertiary/aromatic N) is 2. The van der Waals surface area contributed by atoms with Crippen molar-refractivity contribution in [2.75, 3.05) is 38.2 Å². The van der Waals surface area contributed by atoms with Gasteiger partial charge in [0.25, 0.3) is 5.69 Å². The normalized spacial score (nSPS) is 15.7. The summed E-state index contributed by atoms with van der Waals surface area (Å²) in [6, 6.07) is 16.4. The van der Waals surface area contributed by atoms with Crippen molar-refractivity contribution in [3.05, 3.63) is 70.3 Å². The van der Waals surface area contributed by atoms with Crippen molar-refractivity contribution in [3.63, 3.8) is 0 Å². The summed E-state index contributed by atoms with van der Waals surface area (Å²) < 4.78 is 5.43. The van der Waals surface area contributed by atoms with Crippen LogP contribution in [0.15, 0.2) is 54.6 Å². The second-order valence-electron chi connectivity index (χ2n) is 6.28. The molecule has 0 spiro atoms. The molecule has 7 nitrogen and oxygen atoms in total. The molecule has 3 rings (SSSR count). The van der Waals surface area contributed by atoms with Crippen LogP contribution in [0.2, 0.25) is 0 Å². The lowest BCUT2D eigenvalue weighted by molar-refractivity contribution is -0.384. The van der Waals surface area contributed by atoms with E-state index >= 15 is 0 Å². The van der Waals surface area contributed by atoms with Crippen molar-refractivity contribution in [2.24, 2.45) is 0 Å². The number of anilines is 1. The minimum absolute atomic E-state index is 0.0300. The van der Waals surface area contributed by atoms with Crippen LogP contribution in [0.1, 0.15) is 11.6 Å². The van der Waals surface area contributed by atoms with E-state index in [0.29, 0.717) is 10.8 Å². The van der Waals surface area contributed by atoms with E-state index in [-0.39, 0.29) is 11.7 Å². The number of nitro groups is 1. The SMILES string of the molecule is O=[N+]([O-])c1ccc(NC(=S)N[C@@H](CN2CCOCC2)c2ccccc2)cc1. The van der Waals surface area contributed by atoms with Crippen LogP contribution in [0, 0.1) is 10.1 Å². The zero-order valence-corrected chi connectivity index (χ0v) is 15.7. The molecule has 0 bridgehead atoms. The predicted molar refractivity (Wildman–Crippen MR) is 109 cm³/mol. The minimum atomic E-state index is -0.423. The van der Waals surface area contributed by atoms with Crippen molar-refractivity contribution < 1.29 is 9.66 Å². The molecule has 2 N–H and O–H groups in total. The number of nitro benzene ring substituents is 1. The second-order valence-corrected chi connectivity index (χ2v) is 6.69. The molecule has 2 aromatic carbocycles. The van der Waals surface area contributed by atoms with E-state index in [0.717, 1.165) is 38.4 Å². The van der Waals surface area contributed by atoms with Gasteiger partial charge in [-0.25, -0.2) is 0 Å². The summed E-state index contributed by atoms with van der Waals surface area (Å²) in [6.07, 6.45) is 0. The van der Waals surface area contributed by atoms with Gasteiger partial charge in [0.2, 0.25) is 0 Å². The van der Waals surface area contributed by atoms with Gasteiger partial charge >= 0.3 is 0 Å². The molecule has 1 aliphatic heterocycles. The Kier molecular flexibility index (Phi) is 6.69. The molecule has 1 fully saturated rings. The molecule has 8 heteroatoms. The lowest BCUT2D eigenvalue weighted by Gasteiger charge is -2.31. The number of morpholine rings is 1. The van der Waals surface area contributed by atoms with E-state index < -0.39 is 4.92 Å². The van der Waals surface area contributed by atoms with Gasteiger partial charge in [-0.05, 0) is 29.9 Å². The number of thiocarbonyl (C=S) groups is 1. The molecule has 27 heavy (non-hydrogen) atoms. The fourth-order valence-electron chi connectivity index (χ4n) is 2.95. The highest BCUT2D eigenvalue weighted by atomic mass is 32.1. The Morgan fingerprint density at radius 2 is 1.81 bits per heavy atom. The number of rotatable bonds is 6. The van der Waals surface area contributed by atoms with Gasteiger partial charge in [0.15, 0.2) is 5.11 Å². The third-order valence-corrected chi connectivity index (χ3v) is 4.61. The molecule has 2 aromatic rings. The van der Waals surface area contributed by atoms with E-state index in [4.69, 9.17) is 17.0 Å². The van der Waals surface area contributed by atoms with Crippen molar-refractivity contribution in [3.8, 4) is 0 Å². The Balaban J connectivity index is 1.65. The van der Waals surface area contributed by atoms with Crippen molar-refractivity contribution in [1.29, 1.82) is 0 Å². The minimum Gasteiger partial charge on any atom is -0.379 e. The highest BCUT2D eigenvalue weighted by Crippen LogP contribution is 2.18. The smallest absolute Gasteiger partial charge is 0.269 e. The number of nitrogens with one attached hydrogen (secondary N) is 2. The Bertz CT molecular complexity index is 764. The molecule has 1 atom stereocenters. The van der Waals surface area contributed by atoms with Crippen LogP contribution < -0.4 is 10.6 Å². The lowest BCUT2D eigenvalue weighted by Crippen LogP contribution is -2.44. The number of hydrogen-bond donors (Lipinski definition) is 2. The fourth-order valence-corrected chi connectivity index (χ4v) is 3.21. The molecular weight excluding hydrogens is 364 g/mol. The van der Waals surface area contributed by atoms with E-state index in [1.54, 1.807) is 12.1 Å². The van der Waals surface area contributed by atoms with Gasteiger partial charge in [-0.3, -0.25) is 15.0 Å². The summed E-state index contributed by atoms with van der Waals surface area (Å²) in [7, 11) is 0. The number of hydrogen-bond acceptors (Lipinski definition) is 5. The van der Waals surface area contributed by atoms with Gasteiger partial charge in [-0.2, -0.15) is 0 Å². The molecule has 1 aliphatic rings. The third-order valence-electron chi connectivity index (χ3n) is 4.39. The molecular formula is C19H22N4O3S. The van der Waals surface area contributed by atoms with Crippen molar-refractivity contribution >= 4 is 28.7 Å². The Labute approximate surface area is 163 Å². The molecule has 0 amide bonds. The molecule has 142 valence electrons. The average molecular weight is 386 g/mol. The van der Waals surface area contributed by atoms with Crippen molar-refractivity contribution in [2.45, 2.75) is 6.04 Å². The van der Waals surface area contributed by atoms with Crippen LogP contribution in [0.4, 0.5) is 11.4 Å². The number of ether oxygens (including phenoxy) is 1. The first kappa shape index (κ1) is 19.2. The highest BCUT2D eigenvalue weighted by molar-refractivity contribution is 7.80. The fraction of sp³-hybridized carbons (Fsp3) is 0.316. The topological polar surface area (TPSA) is 79.7 Å². The van der Waals surface area contributed by atoms with Gasteiger partial charge in [0.1, 0.15) is 0 Å². The van der Waals surface area contributed by atoms with Gasteiger partial charge in [-0.1, -0.05) is 30.3 Å². The standard InChI is InChI=1S/C19H22N4O3S/c24-23(25)17-8-6-16(7-9-17)20-19(27)21-18(15-4-2-1-3-5-15)14-22-10-12-26-13-11-22/h1-9,18H,10-14H2,(H2,20,21,27)/t18-/m0/s1. The average Bonchev–Trinajstić information content (AvgIpc) is 2.69. The summed E-state index contributed by atoms with van der Waals surface area (Å²) in [5.41, 5.74) is 1.90. The Morgan fingerprint density at radius 3 is 2.44 bits per heavy atom. The van der Waals surface area contributed by atoms with E-state index in [9.17, 15) is 10.1 Å². The second kappa shape index (κ2) is 9.40. The zero-order chi connectivity index (χ0) is 19.1. The summed E-state index contributed by atoms with van der Waals surface area (Å²) in [4.78, 5) is 12.7. The first-order chi connectivity index (χ1) is 13.1. The molecule has 0 unspecified atom stereocenters. The largest absolute Gasteiger partial charge is 0.379 e. The summed E-state index contributed by atoms with van der Waals surface area (Å²) >= 11 is 5.47. The Morgan fingerprint density at radius 1 is 1.15 bits per heavy atom. The van der Waals surface area contributed by atoms with Crippen LogP contribution >= 0.6 is 12.2 Å². The van der Waals surface area contributed by atoms with E-state index in [2.05, 4.69) is 27.7 Å². The van der Waals surface area contributed by atoms with Gasteiger partial charge in [0, 0.05) is 37.5 Å². The molecule has 0 radical (unpaired) electrons.